The molecule has 0 amide bonds. The second kappa shape index (κ2) is 4.39. The maximum absolute atomic E-state index is 11.4. The Bertz CT molecular complexity index is 505. The number of nitrogens with zero attached hydrogens (tertiary/aromatic N) is 1. The van der Waals surface area contributed by atoms with Gasteiger partial charge < -0.3 is 0 Å². The number of ketones is 1. The molecule has 0 aliphatic rings. The van der Waals surface area contributed by atoms with Gasteiger partial charge in [0, 0.05) is 9.75 Å². The number of nitriles is 1. The van der Waals surface area contributed by atoms with Crippen LogP contribution in [0.15, 0.2) is 29.6 Å². The monoisotopic (exact) mass is 233 g/mol. The molecule has 0 unspecified atom stereocenters. The van der Waals surface area contributed by atoms with Crippen LogP contribution in [0.4, 0.5) is 0 Å². The highest BCUT2D eigenvalue weighted by atomic mass is 32.1. The quantitative estimate of drug-likeness (QED) is 0.760. The SMILES string of the molecule is N#CCC(=O)c1ccc(-c2cccs2)s1. The largest absolute Gasteiger partial charge is 0.292 e. The van der Waals surface area contributed by atoms with Crippen molar-refractivity contribution in [3.63, 3.8) is 0 Å². The van der Waals surface area contributed by atoms with Gasteiger partial charge in [0.15, 0.2) is 5.78 Å². The summed E-state index contributed by atoms with van der Waals surface area (Å²) in [4.78, 5) is 14.3. The number of carbonyl (C=O) groups excluding carboxylic acids is 1. The van der Waals surface area contributed by atoms with E-state index in [1.54, 1.807) is 17.4 Å². The van der Waals surface area contributed by atoms with E-state index in [4.69, 9.17) is 5.26 Å². The van der Waals surface area contributed by atoms with Gasteiger partial charge in [-0.05, 0) is 23.6 Å². The summed E-state index contributed by atoms with van der Waals surface area (Å²) in [5, 5.41) is 10.4. The smallest absolute Gasteiger partial charge is 0.186 e. The summed E-state index contributed by atoms with van der Waals surface area (Å²) in [7, 11) is 0. The lowest BCUT2D eigenvalue weighted by atomic mass is 10.2. The van der Waals surface area contributed by atoms with Gasteiger partial charge in [-0.15, -0.1) is 22.7 Å². The van der Waals surface area contributed by atoms with Crippen LogP contribution in [-0.4, -0.2) is 5.78 Å². The van der Waals surface area contributed by atoms with E-state index in [1.807, 2.05) is 29.6 Å². The molecule has 2 nitrogen and oxygen atoms in total. The van der Waals surface area contributed by atoms with Crippen LogP contribution in [0, 0.1) is 11.3 Å². The highest BCUT2D eigenvalue weighted by molar-refractivity contribution is 7.22. The minimum Gasteiger partial charge on any atom is -0.292 e. The summed E-state index contributed by atoms with van der Waals surface area (Å²) in [5.41, 5.74) is 0. The zero-order valence-electron chi connectivity index (χ0n) is 7.77. The van der Waals surface area contributed by atoms with Gasteiger partial charge in [-0.25, -0.2) is 0 Å². The van der Waals surface area contributed by atoms with E-state index >= 15 is 0 Å². The van der Waals surface area contributed by atoms with Crippen LogP contribution in [-0.2, 0) is 0 Å². The number of thiophene rings is 2. The summed E-state index contributed by atoms with van der Waals surface area (Å²) in [6.07, 6.45) is -0.0373. The van der Waals surface area contributed by atoms with Gasteiger partial charge in [0.05, 0.1) is 17.4 Å². The number of rotatable bonds is 3. The maximum Gasteiger partial charge on any atom is 0.186 e. The Kier molecular flexibility index (Phi) is 2.95. The Hall–Kier alpha value is -1.44. The van der Waals surface area contributed by atoms with Crippen molar-refractivity contribution >= 4 is 28.5 Å². The van der Waals surface area contributed by atoms with Crippen molar-refractivity contribution in [3.05, 3.63) is 34.5 Å². The Morgan fingerprint density at radius 1 is 1.33 bits per heavy atom. The molecule has 0 spiro atoms. The second-order valence-electron chi connectivity index (χ2n) is 2.90. The van der Waals surface area contributed by atoms with Crippen molar-refractivity contribution in [1.29, 1.82) is 5.26 Å². The lowest BCUT2D eigenvalue weighted by molar-refractivity contribution is 0.100. The van der Waals surface area contributed by atoms with E-state index in [-0.39, 0.29) is 12.2 Å². The summed E-state index contributed by atoms with van der Waals surface area (Å²) in [6.45, 7) is 0. The van der Waals surface area contributed by atoms with Gasteiger partial charge in [0.1, 0.15) is 0 Å². The van der Waals surface area contributed by atoms with Crippen LogP contribution in [0.2, 0.25) is 0 Å². The molecule has 0 atom stereocenters. The first-order valence-electron chi connectivity index (χ1n) is 4.35. The van der Waals surface area contributed by atoms with Crippen molar-refractivity contribution in [3.8, 4) is 15.8 Å². The average Bonchev–Trinajstić information content (AvgIpc) is 2.89. The molecular formula is C11H7NOS2. The molecule has 0 bridgehead atoms. The van der Waals surface area contributed by atoms with E-state index in [9.17, 15) is 4.79 Å². The first-order chi connectivity index (χ1) is 7.31. The zero-order chi connectivity index (χ0) is 10.7. The minimum absolute atomic E-state index is 0.0373. The van der Waals surface area contributed by atoms with Crippen LogP contribution >= 0.6 is 22.7 Å². The Labute approximate surface area is 95.4 Å². The predicted molar refractivity (Wildman–Crippen MR) is 62.2 cm³/mol. The Morgan fingerprint density at radius 2 is 2.20 bits per heavy atom. The summed E-state index contributed by atoms with van der Waals surface area (Å²) in [5.74, 6) is -0.0923. The molecule has 0 aliphatic heterocycles. The molecule has 0 saturated heterocycles. The van der Waals surface area contributed by atoms with Crippen molar-refractivity contribution in [1.82, 2.24) is 0 Å². The molecule has 2 aromatic rings. The molecule has 0 aliphatic carbocycles. The molecule has 2 aromatic heterocycles. The minimum atomic E-state index is -0.0923. The van der Waals surface area contributed by atoms with Crippen molar-refractivity contribution in [2.75, 3.05) is 0 Å². The molecule has 0 aromatic carbocycles. The number of hydrogen-bond donors (Lipinski definition) is 0. The molecule has 0 fully saturated rings. The first kappa shape index (κ1) is 10.1. The van der Waals surface area contributed by atoms with Gasteiger partial charge in [-0.3, -0.25) is 4.79 Å². The highest BCUT2D eigenvalue weighted by Gasteiger charge is 2.09. The molecule has 0 radical (unpaired) electrons. The lowest BCUT2D eigenvalue weighted by Gasteiger charge is -1.89. The molecule has 2 heterocycles. The molecule has 4 heteroatoms. The Balaban J connectivity index is 2.26. The first-order valence-corrected chi connectivity index (χ1v) is 6.05. The number of Topliss-reactive ketones (excluding diaryl/α,β-unsaturated/α-hetero) is 1. The fourth-order valence-electron chi connectivity index (χ4n) is 1.20. The van der Waals surface area contributed by atoms with Gasteiger partial charge in [-0.2, -0.15) is 5.26 Å². The molecule has 15 heavy (non-hydrogen) atoms. The molecule has 74 valence electrons. The summed E-state index contributed by atoms with van der Waals surface area (Å²) < 4.78 is 0. The van der Waals surface area contributed by atoms with Crippen LogP contribution < -0.4 is 0 Å². The van der Waals surface area contributed by atoms with Crippen LogP contribution in [0.5, 0.6) is 0 Å². The van der Waals surface area contributed by atoms with Gasteiger partial charge in [0.25, 0.3) is 0 Å². The van der Waals surface area contributed by atoms with E-state index < -0.39 is 0 Å². The zero-order valence-corrected chi connectivity index (χ0v) is 9.40. The number of carbonyl (C=O) groups is 1. The fourth-order valence-corrected chi connectivity index (χ4v) is 2.98. The maximum atomic E-state index is 11.4. The second-order valence-corrected chi connectivity index (χ2v) is 4.93. The van der Waals surface area contributed by atoms with Gasteiger partial charge in [0.2, 0.25) is 0 Å². The molecule has 0 N–H and O–H groups in total. The molecular weight excluding hydrogens is 226 g/mol. The third kappa shape index (κ3) is 2.14. The topological polar surface area (TPSA) is 40.9 Å². The predicted octanol–water partition coefficient (Wildman–Crippen LogP) is 3.57. The van der Waals surface area contributed by atoms with E-state index in [1.165, 1.54) is 11.3 Å². The van der Waals surface area contributed by atoms with Crippen LogP contribution in [0.3, 0.4) is 0 Å². The molecule has 2 rings (SSSR count). The van der Waals surface area contributed by atoms with E-state index in [0.717, 1.165) is 9.75 Å². The summed E-state index contributed by atoms with van der Waals surface area (Å²) >= 11 is 3.10. The van der Waals surface area contributed by atoms with Crippen molar-refractivity contribution < 1.29 is 4.79 Å². The highest BCUT2D eigenvalue weighted by Crippen LogP contribution is 2.31. The molecule has 0 saturated carbocycles. The third-order valence-electron chi connectivity index (χ3n) is 1.88. The van der Waals surface area contributed by atoms with Crippen molar-refractivity contribution in [2.45, 2.75) is 6.42 Å². The number of hydrogen-bond acceptors (Lipinski definition) is 4. The third-order valence-corrected chi connectivity index (χ3v) is 4.08. The normalized spacial score (nSPS) is 9.80. The fraction of sp³-hybridized carbons (Fsp3) is 0.0909. The van der Waals surface area contributed by atoms with E-state index in [0.29, 0.717) is 4.88 Å². The summed E-state index contributed by atoms with van der Waals surface area (Å²) in [6, 6.07) is 9.60. The average molecular weight is 233 g/mol. The van der Waals surface area contributed by atoms with Crippen LogP contribution in [0.25, 0.3) is 9.75 Å². The Morgan fingerprint density at radius 3 is 2.87 bits per heavy atom. The van der Waals surface area contributed by atoms with E-state index in [2.05, 4.69) is 0 Å². The van der Waals surface area contributed by atoms with Crippen LogP contribution in [0.1, 0.15) is 16.1 Å². The van der Waals surface area contributed by atoms with Gasteiger partial charge in [-0.1, -0.05) is 6.07 Å². The van der Waals surface area contributed by atoms with Crippen molar-refractivity contribution in [2.24, 2.45) is 0 Å². The van der Waals surface area contributed by atoms with Gasteiger partial charge >= 0.3 is 0 Å². The standard InChI is InChI=1S/C11H7NOS2/c12-6-5-8(13)9-3-4-11(15-9)10-2-1-7-14-10/h1-4,7H,5H2. The lowest BCUT2D eigenvalue weighted by Crippen LogP contribution is -1.91.